The molecule has 0 heterocycles. The highest BCUT2D eigenvalue weighted by Crippen LogP contribution is 2.13. The minimum Gasteiger partial charge on any atom is -0.198 e. The lowest BCUT2D eigenvalue weighted by molar-refractivity contribution is -0.121. The topological polar surface area (TPSA) is 73.2 Å². The summed E-state index contributed by atoms with van der Waals surface area (Å²) in [7, 11) is -4.17. The van der Waals surface area contributed by atoms with Crippen molar-refractivity contribution in [1.82, 2.24) is 9.03 Å². The first kappa shape index (κ1) is 15.2. The quantitative estimate of drug-likeness (QED) is 0.760. The monoisotopic (exact) mass is 259 g/mol. The van der Waals surface area contributed by atoms with Crippen LogP contribution in [0.2, 0.25) is 0 Å². The lowest BCUT2D eigenvalue weighted by atomic mass is 10.5. The number of hydrogen-bond acceptors (Lipinski definition) is 3. The summed E-state index contributed by atoms with van der Waals surface area (Å²) in [5.41, 5.74) is 0. The van der Waals surface area contributed by atoms with Gasteiger partial charge in [-0.25, -0.2) is 0 Å². The molecule has 0 aliphatic heterocycles. The number of alkyl halides is 3. The number of nitrogens with one attached hydrogen (secondary N) is 1. The second kappa shape index (κ2) is 6.03. The normalized spacial score (nSPS) is 12.8. The number of rotatable bonds is 6. The average Bonchev–Trinajstić information content (AvgIpc) is 2.15. The van der Waals surface area contributed by atoms with Crippen molar-refractivity contribution in [1.29, 1.82) is 5.26 Å². The molecule has 0 bridgehead atoms. The molecule has 0 atom stereocenters. The van der Waals surface area contributed by atoms with E-state index in [1.54, 1.807) is 6.07 Å². The molecule has 0 fully saturated rings. The molecule has 0 saturated carbocycles. The molecule has 0 aromatic rings. The largest absolute Gasteiger partial charge is 0.402 e. The molecule has 1 N–H and O–H groups in total. The molecule has 0 radical (unpaired) electrons. The van der Waals surface area contributed by atoms with Crippen LogP contribution in [0.3, 0.4) is 0 Å². The third-order valence-corrected chi connectivity index (χ3v) is 3.25. The van der Waals surface area contributed by atoms with Gasteiger partial charge in [0.1, 0.15) is 6.54 Å². The molecular formula is C7H12F3N3O2S. The van der Waals surface area contributed by atoms with E-state index in [2.05, 4.69) is 0 Å². The zero-order valence-electron chi connectivity index (χ0n) is 8.58. The maximum absolute atomic E-state index is 11.8. The summed E-state index contributed by atoms with van der Waals surface area (Å²) in [6.07, 6.45) is -4.66. The standard InChI is InChI=1S/C7H12F3N3O2S/c1-2-13(5-3-4-11)16(14,15)12-6-7(8,9)10/h12H,2-3,5-6H2,1H3. The highest BCUT2D eigenvalue weighted by Gasteiger charge is 2.31. The van der Waals surface area contributed by atoms with Crippen molar-refractivity contribution in [2.24, 2.45) is 0 Å². The molecular weight excluding hydrogens is 247 g/mol. The van der Waals surface area contributed by atoms with Gasteiger partial charge in [-0.05, 0) is 0 Å². The first-order valence-corrected chi connectivity index (χ1v) is 5.85. The molecule has 0 aromatic heterocycles. The fourth-order valence-electron chi connectivity index (χ4n) is 0.887. The van der Waals surface area contributed by atoms with Gasteiger partial charge in [-0.1, -0.05) is 6.92 Å². The van der Waals surface area contributed by atoms with Gasteiger partial charge in [0.2, 0.25) is 0 Å². The number of hydrogen-bond donors (Lipinski definition) is 1. The third kappa shape index (κ3) is 5.89. The van der Waals surface area contributed by atoms with Gasteiger partial charge >= 0.3 is 6.18 Å². The van der Waals surface area contributed by atoms with E-state index >= 15 is 0 Å². The van der Waals surface area contributed by atoms with E-state index in [-0.39, 0.29) is 19.5 Å². The van der Waals surface area contributed by atoms with E-state index in [1.807, 2.05) is 0 Å². The minimum atomic E-state index is -4.60. The fourth-order valence-corrected chi connectivity index (χ4v) is 2.09. The zero-order chi connectivity index (χ0) is 12.8. The summed E-state index contributed by atoms with van der Waals surface area (Å²) < 4.78 is 60.3. The predicted molar refractivity (Wildman–Crippen MR) is 50.5 cm³/mol. The molecule has 0 unspecified atom stereocenters. The third-order valence-electron chi connectivity index (χ3n) is 1.62. The molecule has 0 rings (SSSR count). The molecule has 16 heavy (non-hydrogen) atoms. The molecule has 0 spiro atoms. The van der Waals surface area contributed by atoms with Crippen LogP contribution in [0.4, 0.5) is 13.2 Å². The van der Waals surface area contributed by atoms with Gasteiger partial charge in [0.15, 0.2) is 0 Å². The summed E-state index contributed by atoms with van der Waals surface area (Å²) in [6, 6.07) is 1.72. The molecule has 0 aliphatic carbocycles. The summed E-state index contributed by atoms with van der Waals surface area (Å²) >= 11 is 0. The lowest BCUT2D eigenvalue weighted by Crippen LogP contribution is -2.44. The predicted octanol–water partition coefficient (Wildman–Crippen LogP) is 0.619. The van der Waals surface area contributed by atoms with E-state index in [1.165, 1.54) is 11.6 Å². The lowest BCUT2D eigenvalue weighted by Gasteiger charge is -2.20. The van der Waals surface area contributed by atoms with Gasteiger partial charge in [-0.3, -0.25) is 0 Å². The molecule has 9 heteroatoms. The Morgan fingerprint density at radius 3 is 2.38 bits per heavy atom. The Bertz CT molecular complexity index is 347. The second-order valence-corrected chi connectivity index (χ2v) is 4.60. The Morgan fingerprint density at radius 2 is 2.00 bits per heavy atom. The van der Waals surface area contributed by atoms with Crippen LogP contribution in [0, 0.1) is 11.3 Å². The van der Waals surface area contributed by atoms with Crippen LogP contribution in [0.25, 0.3) is 0 Å². The smallest absolute Gasteiger partial charge is 0.198 e. The van der Waals surface area contributed by atoms with Gasteiger partial charge in [-0.2, -0.15) is 35.9 Å². The Morgan fingerprint density at radius 1 is 1.44 bits per heavy atom. The van der Waals surface area contributed by atoms with Gasteiger partial charge in [-0.15, -0.1) is 0 Å². The summed E-state index contributed by atoms with van der Waals surface area (Å²) in [5, 5.41) is 8.26. The zero-order valence-corrected chi connectivity index (χ0v) is 9.40. The first-order chi connectivity index (χ1) is 7.23. The molecule has 0 aliphatic rings. The van der Waals surface area contributed by atoms with Crippen molar-refractivity contribution < 1.29 is 21.6 Å². The van der Waals surface area contributed by atoms with Crippen molar-refractivity contribution in [3.05, 3.63) is 0 Å². The van der Waals surface area contributed by atoms with E-state index in [9.17, 15) is 21.6 Å². The van der Waals surface area contributed by atoms with E-state index < -0.39 is 22.9 Å². The van der Waals surface area contributed by atoms with Crippen LogP contribution in [-0.2, 0) is 10.2 Å². The summed E-state index contributed by atoms with van der Waals surface area (Å²) in [4.78, 5) is 0. The van der Waals surface area contributed by atoms with Crippen LogP contribution >= 0.6 is 0 Å². The van der Waals surface area contributed by atoms with Crippen molar-refractivity contribution >= 4 is 10.2 Å². The van der Waals surface area contributed by atoms with Crippen LogP contribution < -0.4 is 4.72 Å². The Hall–Kier alpha value is -0.850. The average molecular weight is 259 g/mol. The van der Waals surface area contributed by atoms with Crippen LogP contribution in [0.15, 0.2) is 0 Å². The molecule has 0 saturated heterocycles. The highest BCUT2D eigenvalue weighted by molar-refractivity contribution is 7.87. The van der Waals surface area contributed by atoms with Gasteiger partial charge in [0.05, 0.1) is 6.07 Å². The molecule has 0 aromatic carbocycles. The molecule has 5 nitrogen and oxygen atoms in total. The van der Waals surface area contributed by atoms with Crippen molar-refractivity contribution in [2.45, 2.75) is 19.5 Å². The number of nitriles is 1. The molecule has 94 valence electrons. The van der Waals surface area contributed by atoms with Crippen LogP contribution in [-0.4, -0.2) is 38.5 Å². The molecule has 0 amide bonds. The maximum atomic E-state index is 11.8. The van der Waals surface area contributed by atoms with Crippen molar-refractivity contribution in [3.63, 3.8) is 0 Å². The van der Waals surface area contributed by atoms with E-state index in [4.69, 9.17) is 5.26 Å². The number of nitrogens with zero attached hydrogens (tertiary/aromatic N) is 2. The maximum Gasteiger partial charge on any atom is 0.402 e. The Balaban J connectivity index is 4.45. The summed E-state index contributed by atoms with van der Waals surface area (Å²) in [5.74, 6) is 0. The fraction of sp³-hybridized carbons (Fsp3) is 0.857. The minimum absolute atomic E-state index is 0.00880. The van der Waals surface area contributed by atoms with Crippen LogP contribution in [0.5, 0.6) is 0 Å². The second-order valence-electron chi connectivity index (χ2n) is 2.84. The van der Waals surface area contributed by atoms with Gasteiger partial charge < -0.3 is 0 Å². The van der Waals surface area contributed by atoms with Crippen LogP contribution in [0.1, 0.15) is 13.3 Å². The number of halogens is 3. The Kier molecular flexibility index (Phi) is 5.71. The van der Waals surface area contributed by atoms with E-state index in [0.29, 0.717) is 0 Å². The SMILES string of the molecule is CCN(CCC#N)S(=O)(=O)NCC(F)(F)F. The Labute approximate surface area is 92.0 Å². The highest BCUT2D eigenvalue weighted by atomic mass is 32.2. The van der Waals surface area contributed by atoms with Gasteiger partial charge in [0.25, 0.3) is 10.2 Å². The van der Waals surface area contributed by atoms with Crippen molar-refractivity contribution in [3.8, 4) is 6.07 Å². The first-order valence-electron chi connectivity index (χ1n) is 4.41. The summed E-state index contributed by atoms with van der Waals surface area (Å²) in [6.45, 7) is -0.252. The van der Waals surface area contributed by atoms with Gasteiger partial charge in [0, 0.05) is 19.5 Å². The van der Waals surface area contributed by atoms with Crippen molar-refractivity contribution in [2.75, 3.05) is 19.6 Å². The van der Waals surface area contributed by atoms with E-state index in [0.717, 1.165) is 4.31 Å².